The summed E-state index contributed by atoms with van der Waals surface area (Å²) in [6.45, 7) is 3.10. The van der Waals surface area contributed by atoms with Crippen molar-refractivity contribution in [3.8, 4) is 0 Å². The van der Waals surface area contributed by atoms with Crippen LogP contribution in [0.4, 0.5) is 5.82 Å². The van der Waals surface area contributed by atoms with Gasteiger partial charge >= 0.3 is 0 Å². The lowest BCUT2D eigenvalue weighted by molar-refractivity contribution is 0.128. The topological polar surface area (TPSA) is 61.0 Å². The number of nitrogens with two attached hydrogens (primary N) is 1. The number of aryl methyl sites for hydroxylation is 1. The average Bonchev–Trinajstić information content (AvgIpc) is 2.63. The zero-order valence-corrected chi connectivity index (χ0v) is 8.42. The smallest absolute Gasteiger partial charge is 0.156 e. The summed E-state index contributed by atoms with van der Waals surface area (Å²) in [5.74, 6) is 1.35. The standard InChI is InChI=1S/C10H15N3O/c1-2-14-6-9-12-8-5-3-4-7(8)10(11)13-9/h2-6H2,1H3,(H2,11,12,13). The van der Waals surface area contributed by atoms with Gasteiger partial charge in [-0.15, -0.1) is 0 Å². The molecule has 1 heterocycles. The Kier molecular flexibility index (Phi) is 2.63. The third kappa shape index (κ3) is 1.70. The van der Waals surface area contributed by atoms with Crippen molar-refractivity contribution in [3.05, 3.63) is 17.1 Å². The molecular formula is C10H15N3O. The van der Waals surface area contributed by atoms with Crippen molar-refractivity contribution in [1.82, 2.24) is 9.97 Å². The van der Waals surface area contributed by atoms with Crippen LogP contribution in [0.1, 0.15) is 30.4 Å². The van der Waals surface area contributed by atoms with Gasteiger partial charge in [-0.05, 0) is 26.2 Å². The Bertz CT molecular complexity index is 338. The maximum atomic E-state index is 5.84. The van der Waals surface area contributed by atoms with E-state index in [-0.39, 0.29) is 0 Å². The van der Waals surface area contributed by atoms with Crippen LogP contribution >= 0.6 is 0 Å². The van der Waals surface area contributed by atoms with E-state index in [4.69, 9.17) is 10.5 Å². The van der Waals surface area contributed by atoms with Crippen molar-refractivity contribution in [1.29, 1.82) is 0 Å². The summed E-state index contributed by atoms with van der Waals surface area (Å²) in [5.41, 5.74) is 8.10. The van der Waals surface area contributed by atoms with Crippen LogP contribution < -0.4 is 5.73 Å². The van der Waals surface area contributed by atoms with E-state index in [9.17, 15) is 0 Å². The molecule has 1 aromatic rings. The second kappa shape index (κ2) is 3.92. The van der Waals surface area contributed by atoms with E-state index in [1.54, 1.807) is 0 Å². The molecule has 0 atom stereocenters. The first-order valence-corrected chi connectivity index (χ1v) is 5.03. The molecule has 1 aliphatic rings. The number of aromatic nitrogens is 2. The fourth-order valence-corrected chi connectivity index (χ4v) is 1.77. The first-order valence-electron chi connectivity index (χ1n) is 5.03. The van der Waals surface area contributed by atoms with E-state index >= 15 is 0 Å². The van der Waals surface area contributed by atoms with E-state index in [0.717, 1.165) is 30.5 Å². The van der Waals surface area contributed by atoms with Gasteiger partial charge in [0.15, 0.2) is 5.82 Å². The van der Waals surface area contributed by atoms with Crippen molar-refractivity contribution in [2.75, 3.05) is 12.3 Å². The summed E-state index contributed by atoms with van der Waals surface area (Å²) in [6, 6.07) is 0. The van der Waals surface area contributed by atoms with Gasteiger partial charge in [-0.3, -0.25) is 0 Å². The summed E-state index contributed by atoms with van der Waals surface area (Å²) in [7, 11) is 0. The molecule has 1 aromatic heterocycles. The summed E-state index contributed by atoms with van der Waals surface area (Å²) >= 11 is 0. The van der Waals surface area contributed by atoms with Crippen LogP contribution in [0.15, 0.2) is 0 Å². The van der Waals surface area contributed by atoms with Crippen LogP contribution in [0.2, 0.25) is 0 Å². The Labute approximate surface area is 83.5 Å². The lowest BCUT2D eigenvalue weighted by Gasteiger charge is -2.06. The molecule has 0 aromatic carbocycles. The van der Waals surface area contributed by atoms with Crippen LogP contribution in [0.25, 0.3) is 0 Å². The van der Waals surface area contributed by atoms with Gasteiger partial charge in [0, 0.05) is 17.9 Å². The third-order valence-electron chi connectivity index (χ3n) is 2.45. The second-order valence-corrected chi connectivity index (χ2v) is 3.44. The number of fused-ring (bicyclic) bond motifs is 1. The fourth-order valence-electron chi connectivity index (χ4n) is 1.77. The molecule has 4 nitrogen and oxygen atoms in total. The lowest BCUT2D eigenvalue weighted by Crippen LogP contribution is -2.06. The Balaban J connectivity index is 2.23. The normalized spacial score (nSPS) is 14.4. The van der Waals surface area contributed by atoms with Gasteiger partial charge in [-0.1, -0.05) is 0 Å². The molecule has 4 heteroatoms. The first-order chi connectivity index (χ1) is 6.81. The highest BCUT2D eigenvalue weighted by atomic mass is 16.5. The summed E-state index contributed by atoms with van der Waals surface area (Å²) < 4.78 is 5.25. The highest BCUT2D eigenvalue weighted by Crippen LogP contribution is 2.24. The van der Waals surface area contributed by atoms with Crippen molar-refractivity contribution in [3.63, 3.8) is 0 Å². The molecule has 0 amide bonds. The molecule has 0 fully saturated rings. The molecule has 0 spiro atoms. The molecule has 0 bridgehead atoms. The van der Waals surface area contributed by atoms with E-state index in [1.807, 2.05) is 6.92 Å². The molecule has 0 radical (unpaired) electrons. The van der Waals surface area contributed by atoms with Gasteiger partial charge in [-0.2, -0.15) is 0 Å². The van der Waals surface area contributed by atoms with Gasteiger partial charge < -0.3 is 10.5 Å². The minimum atomic E-state index is 0.466. The number of nitrogen functional groups attached to an aromatic ring is 1. The molecular weight excluding hydrogens is 178 g/mol. The lowest BCUT2D eigenvalue weighted by atomic mass is 10.2. The van der Waals surface area contributed by atoms with E-state index in [2.05, 4.69) is 9.97 Å². The Hall–Kier alpha value is -1.16. The number of anilines is 1. The monoisotopic (exact) mass is 193 g/mol. The van der Waals surface area contributed by atoms with Crippen LogP contribution in [-0.4, -0.2) is 16.6 Å². The van der Waals surface area contributed by atoms with Crippen molar-refractivity contribution >= 4 is 5.82 Å². The zero-order chi connectivity index (χ0) is 9.97. The van der Waals surface area contributed by atoms with Gasteiger partial charge in [-0.25, -0.2) is 9.97 Å². The number of hydrogen-bond acceptors (Lipinski definition) is 4. The highest BCUT2D eigenvalue weighted by Gasteiger charge is 2.17. The van der Waals surface area contributed by atoms with Gasteiger partial charge in [0.25, 0.3) is 0 Å². The number of nitrogens with zero attached hydrogens (tertiary/aromatic N) is 2. The van der Waals surface area contributed by atoms with Crippen molar-refractivity contribution < 1.29 is 4.74 Å². The number of ether oxygens (including phenoxy) is 1. The molecule has 1 aliphatic carbocycles. The first kappa shape index (κ1) is 9.40. The maximum absolute atomic E-state index is 5.84. The predicted octanol–water partition coefficient (Wildman–Crippen LogP) is 1.08. The second-order valence-electron chi connectivity index (χ2n) is 3.44. The van der Waals surface area contributed by atoms with E-state index in [1.165, 1.54) is 0 Å². The van der Waals surface area contributed by atoms with Gasteiger partial charge in [0.1, 0.15) is 12.4 Å². The Morgan fingerprint density at radius 1 is 1.36 bits per heavy atom. The molecule has 0 saturated carbocycles. The molecule has 2 rings (SSSR count). The molecule has 0 aliphatic heterocycles. The minimum Gasteiger partial charge on any atom is -0.383 e. The SMILES string of the molecule is CCOCc1nc(N)c2c(n1)CCC2. The summed E-state index contributed by atoms with van der Waals surface area (Å²) in [5, 5.41) is 0. The molecule has 14 heavy (non-hydrogen) atoms. The van der Waals surface area contributed by atoms with Gasteiger partial charge in [0.05, 0.1) is 0 Å². The summed E-state index contributed by atoms with van der Waals surface area (Å²) in [6.07, 6.45) is 3.20. The van der Waals surface area contributed by atoms with Crippen molar-refractivity contribution in [2.24, 2.45) is 0 Å². The minimum absolute atomic E-state index is 0.466. The predicted molar refractivity (Wildman–Crippen MR) is 53.8 cm³/mol. The molecule has 2 N–H and O–H groups in total. The zero-order valence-electron chi connectivity index (χ0n) is 8.42. The molecule has 0 saturated heterocycles. The average molecular weight is 193 g/mol. The van der Waals surface area contributed by atoms with Crippen LogP contribution in [0, 0.1) is 0 Å². The van der Waals surface area contributed by atoms with Crippen LogP contribution in [0.3, 0.4) is 0 Å². The maximum Gasteiger partial charge on any atom is 0.156 e. The van der Waals surface area contributed by atoms with Gasteiger partial charge in [0.2, 0.25) is 0 Å². The number of rotatable bonds is 3. The largest absolute Gasteiger partial charge is 0.383 e. The third-order valence-corrected chi connectivity index (χ3v) is 2.45. The Morgan fingerprint density at radius 3 is 3.00 bits per heavy atom. The Morgan fingerprint density at radius 2 is 2.21 bits per heavy atom. The van der Waals surface area contributed by atoms with E-state index in [0.29, 0.717) is 24.9 Å². The van der Waals surface area contributed by atoms with Crippen LogP contribution in [0.5, 0.6) is 0 Å². The summed E-state index contributed by atoms with van der Waals surface area (Å²) in [4.78, 5) is 8.66. The molecule has 76 valence electrons. The highest BCUT2D eigenvalue weighted by molar-refractivity contribution is 5.44. The molecule has 0 unspecified atom stereocenters. The quantitative estimate of drug-likeness (QED) is 0.780. The fraction of sp³-hybridized carbons (Fsp3) is 0.600. The number of hydrogen-bond donors (Lipinski definition) is 1. The van der Waals surface area contributed by atoms with E-state index < -0.39 is 0 Å². The van der Waals surface area contributed by atoms with Crippen LogP contribution in [-0.2, 0) is 24.2 Å². The van der Waals surface area contributed by atoms with Crippen molar-refractivity contribution in [2.45, 2.75) is 32.8 Å².